The van der Waals surface area contributed by atoms with E-state index in [4.69, 9.17) is 4.74 Å². The van der Waals surface area contributed by atoms with Gasteiger partial charge in [0.2, 0.25) is 0 Å². The van der Waals surface area contributed by atoms with Crippen LogP contribution in [0.25, 0.3) is 0 Å². The van der Waals surface area contributed by atoms with Crippen LogP contribution >= 0.6 is 15.9 Å². The van der Waals surface area contributed by atoms with Crippen molar-refractivity contribution in [2.75, 3.05) is 12.4 Å². The van der Waals surface area contributed by atoms with Gasteiger partial charge in [-0.2, -0.15) is 5.10 Å². The maximum atomic E-state index is 12.7. The second-order valence-corrected chi connectivity index (χ2v) is 7.29. The van der Waals surface area contributed by atoms with E-state index in [9.17, 15) is 9.59 Å². The van der Waals surface area contributed by atoms with Gasteiger partial charge in [-0.25, -0.2) is 5.43 Å². The zero-order valence-electron chi connectivity index (χ0n) is 16.5. The number of ether oxygens (including phenoxy) is 1. The Morgan fingerprint density at radius 2 is 1.63 bits per heavy atom. The van der Waals surface area contributed by atoms with Gasteiger partial charge >= 0.3 is 0 Å². The Labute approximate surface area is 183 Å². The first kappa shape index (κ1) is 21.3. The fraction of sp³-hybridized carbons (Fsp3) is 0.0870. The lowest BCUT2D eigenvalue weighted by Crippen LogP contribution is -2.22. The van der Waals surface area contributed by atoms with E-state index >= 15 is 0 Å². The molecule has 6 nitrogen and oxygen atoms in total. The first-order valence-electron chi connectivity index (χ1n) is 9.13. The molecule has 3 aromatic rings. The van der Waals surface area contributed by atoms with Crippen molar-refractivity contribution in [3.8, 4) is 5.75 Å². The third-order valence-corrected chi connectivity index (χ3v) is 4.87. The second kappa shape index (κ2) is 9.84. The number of anilines is 1. The van der Waals surface area contributed by atoms with Gasteiger partial charge in [0.25, 0.3) is 11.8 Å². The van der Waals surface area contributed by atoms with Crippen LogP contribution in [-0.4, -0.2) is 24.6 Å². The number of para-hydroxylation sites is 1. The molecule has 0 unspecified atom stereocenters. The molecule has 2 amide bonds. The van der Waals surface area contributed by atoms with E-state index in [-0.39, 0.29) is 5.91 Å². The topological polar surface area (TPSA) is 79.8 Å². The zero-order valence-corrected chi connectivity index (χ0v) is 18.1. The number of carbonyl (C=O) groups excluding carboxylic acids is 2. The molecule has 0 bridgehead atoms. The van der Waals surface area contributed by atoms with E-state index in [1.165, 1.54) is 7.11 Å². The average molecular weight is 466 g/mol. The smallest absolute Gasteiger partial charge is 0.273 e. The molecule has 0 aliphatic carbocycles. The van der Waals surface area contributed by atoms with E-state index in [2.05, 4.69) is 31.8 Å². The molecule has 2 N–H and O–H groups in total. The van der Waals surface area contributed by atoms with Crippen molar-refractivity contribution in [3.63, 3.8) is 0 Å². The van der Waals surface area contributed by atoms with Crippen LogP contribution in [0, 0.1) is 0 Å². The highest BCUT2D eigenvalue weighted by Gasteiger charge is 2.14. The molecule has 30 heavy (non-hydrogen) atoms. The van der Waals surface area contributed by atoms with Crippen LogP contribution in [0.2, 0.25) is 0 Å². The first-order valence-corrected chi connectivity index (χ1v) is 9.92. The number of amides is 2. The summed E-state index contributed by atoms with van der Waals surface area (Å²) in [4.78, 5) is 25.3. The molecule has 0 heterocycles. The Kier molecular flexibility index (Phi) is 6.98. The monoisotopic (exact) mass is 465 g/mol. The van der Waals surface area contributed by atoms with Crippen LogP contribution in [0.15, 0.2) is 82.4 Å². The lowest BCUT2D eigenvalue weighted by atomic mass is 10.1. The minimum absolute atomic E-state index is 0.307. The van der Waals surface area contributed by atoms with Crippen molar-refractivity contribution in [2.24, 2.45) is 5.10 Å². The Hall–Kier alpha value is -3.45. The van der Waals surface area contributed by atoms with E-state index in [1.807, 2.05) is 24.3 Å². The summed E-state index contributed by atoms with van der Waals surface area (Å²) in [6.07, 6.45) is 0. The highest BCUT2D eigenvalue weighted by molar-refractivity contribution is 9.10. The number of hydrazone groups is 1. The largest absolute Gasteiger partial charge is 0.497 e. The van der Waals surface area contributed by atoms with Crippen molar-refractivity contribution >= 4 is 39.1 Å². The summed E-state index contributed by atoms with van der Waals surface area (Å²) < 4.78 is 6.11. The molecule has 0 aliphatic rings. The van der Waals surface area contributed by atoms with E-state index < -0.39 is 5.91 Å². The molecular weight excluding hydrogens is 446 g/mol. The van der Waals surface area contributed by atoms with Gasteiger partial charge in [-0.3, -0.25) is 9.59 Å². The molecule has 7 heteroatoms. The second-order valence-electron chi connectivity index (χ2n) is 6.38. The summed E-state index contributed by atoms with van der Waals surface area (Å²) in [5, 5.41) is 6.95. The van der Waals surface area contributed by atoms with Crippen molar-refractivity contribution < 1.29 is 14.3 Å². The van der Waals surface area contributed by atoms with Crippen molar-refractivity contribution in [1.29, 1.82) is 0 Å². The number of hydrogen-bond acceptors (Lipinski definition) is 4. The Balaban J connectivity index is 1.75. The van der Waals surface area contributed by atoms with Gasteiger partial charge < -0.3 is 10.1 Å². The number of benzene rings is 3. The van der Waals surface area contributed by atoms with E-state index in [0.29, 0.717) is 28.3 Å². The predicted molar refractivity (Wildman–Crippen MR) is 121 cm³/mol. The van der Waals surface area contributed by atoms with Gasteiger partial charge in [-0.1, -0.05) is 46.3 Å². The standard InChI is InChI=1S/C23H20BrN3O3/c1-15(16-10-12-18(24)13-11-16)26-27-23(29)20-8-3-4-9-21(20)25-22(28)17-6-5-7-19(14-17)30-2/h3-14H,1-2H3,(H,25,28)(H,27,29)/b26-15+. The van der Waals surface area contributed by atoms with Crippen molar-refractivity contribution in [3.05, 3.63) is 94.0 Å². The molecular formula is C23H20BrN3O3. The van der Waals surface area contributed by atoms with Gasteiger partial charge in [0, 0.05) is 10.0 Å². The number of hydrogen-bond donors (Lipinski definition) is 2. The number of nitrogens with one attached hydrogen (secondary N) is 2. The Bertz CT molecular complexity index is 1090. The molecule has 0 fully saturated rings. The third kappa shape index (κ3) is 5.33. The maximum Gasteiger partial charge on any atom is 0.273 e. The Morgan fingerprint density at radius 3 is 2.37 bits per heavy atom. The lowest BCUT2D eigenvalue weighted by Gasteiger charge is -2.11. The average Bonchev–Trinajstić information content (AvgIpc) is 2.78. The minimum Gasteiger partial charge on any atom is -0.497 e. The third-order valence-electron chi connectivity index (χ3n) is 4.34. The molecule has 3 aromatic carbocycles. The van der Waals surface area contributed by atoms with E-state index in [0.717, 1.165) is 10.0 Å². The number of nitrogens with zero attached hydrogens (tertiary/aromatic N) is 1. The number of carbonyl (C=O) groups is 2. The molecule has 3 rings (SSSR count). The summed E-state index contributed by atoms with van der Waals surface area (Å²) in [5.41, 5.74) is 5.22. The van der Waals surface area contributed by atoms with Crippen LogP contribution in [0.3, 0.4) is 0 Å². The molecule has 152 valence electrons. The van der Waals surface area contributed by atoms with Gasteiger partial charge in [-0.15, -0.1) is 0 Å². The maximum absolute atomic E-state index is 12.7. The van der Waals surface area contributed by atoms with Gasteiger partial charge in [0.15, 0.2) is 0 Å². The van der Waals surface area contributed by atoms with Gasteiger partial charge in [0.05, 0.1) is 24.1 Å². The van der Waals surface area contributed by atoms with Gasteiger partial charge in [-0.05, 0) is 55.0 Å². The summed E-state index contributed by atoms with van der Waals surface area (Å²) in [5.74, 6) is -0.192. The van der Waals surface area contributed by atoms with Crippen LogP contribution in [-0.2, 0) is 0 Å². The summed E-state index contributed by atoms with van der Waals surface area (Å²) >= 11 is 3.39. The Morgan fingerprint density at radius 1 is 0.900 bits per heavy atom. The molecule has 0 aromatic heterocycles. The zero-order chi connectivity index (χ0) is 21.5. The highest BCUT2D eigenvalue weighted by atomic mass is 79.9. The summed E-state index contributed by atoms with van der Waals surface area (Å²) in [6.45, 7) is 1.81. The molecule has 0 atom stereocenters. The van der Waals surface area contributed by atoms with Crippen molar-refractivity contribution in [2.45, 2.75) is 6.92 Å². The van der Waals surface area contributed by atoms with E-state index in [1.54, 1.807) is 55.5 Å². The predicted octanol–water partition coefficient (Wildman–Crippen LogP) is 4.86. The van der Waals surface area contributed by atoms with Crippen LogP contribution in [0.5, 0.6) is 5.75 Å². The summed E-state index contributed by atoms with van der Waals surface area (Å²) in [6, 6.07) is 21.1. The quantitative estimate of drug-likeness (QED) is 0.402. The first-order chi connectivity index (χ1) is 14.5. The fourth-order valence-corrected chi connectivity index (χ4v) is 2.96. The number of rotatable bonds is 6. The molecule has 0 radical (unpaired) electrons. The number of methoxy groups -OCH3 is 1. The highest BCUT2D eigenvalue weighted by Crippen LogP contribution is 2.18. The normalized spacial score (nSPS) is 11.0. The van der Waals surface area contributed by atoms with Gasteiger partial charge in [0.1, 0.15) is 5.75 Å². The van der Waals surface area contributed by atoms with Crippen LogP contribution in [0.4, 0.5) is 5.69 Å². The van der Waals surface area contributed by atoms with Crippen molar-refractivity contribution in [1.82, 2.24) is 5.43 Å². The number of halogens is 1. The molecule has 0 spiro atoms. The molecule has 0 saturated heterocycles. The lowest BCUT2D eigenvalue weighted by molar-refractivity contribution is 0.0955. The SMILES string of the molecule is COc1cccc(C(=O)Nc2ccccc2C(=O)N/N=C(\C)c2ccc(Br)cc2)c1. The molecule has 0 saturated carbocycles. The summed E-state index contributed by atoms with van der Waals surface area (Å²) in [7, 11) is 1.54. The van der Waals surface area contributed by atoms with Crippen LogP contribution < -0.4 is 15.5 Å². The fourth-order valence-electron chi connectivity index (χ4n) is 2.70. The molecule has 0 aliphatic heterocycles. The minimum atomic E-state index is -0.423. The van der Waals surface area contributed by atoms with Crippen LogP contribution in [0.1, 0.15) is 33.2 Å².